The molecule has 1 N–H and O–H groups in total. The molecule has 1 heterocycles. The monoisotopic (exact) mass is 314 g/mol. The predicted molar refractivity (Wildman–Crippen MR) is 85.0 cm³/mol. The van der Waals surface area contributed by atoms with E-state index in [9.17, 15) is 14.8 Å². The molecule has 0 aromatic heterocycles. The molecule has 1 fully saturated rings. The van der Waals surface area contributed by atoms with Crippen LogP contribution in [0, 0.1) is 0 Å². The van der Waals surface area contributed by atoms with E-state index in [4.69, 9.17) is 0 Å². The molecule has 128 valence electrons. The summed E-state index contributed by atoms with van der Waals surface area (Å²) < 4.78 is 0.916. The Balaban J connectivity index is 2.57. The smallest absolute Gasteiger partial charge is 0.253 e. The van der Waals surface area contributed by atoms with E-state index in [1.807, 2.05) is 0 Å². The highest BCUT2D eigenvalue weighted by Gasteiger charge is 2.58. The van der Waals surface area contributed by atoms with Gasteiger partial charge in [-0.1, -0.05) is 0 Å². The van der Waals surface area contributed by atoms with Crippen molar-refractivity contribution >= 4 is 11.8 Å². The summed E-state index contributed by atoms with van der Waals surface area (Å²) in [5.74, 6) is -0.541. The number of unbranched alkanes of at least 4 members (excludes halogenated alkanes) is 2. The highest BCUT2D eigenvalue weighted by Crippen LogP contribution is 2.37. The average Bonchev–Trinajstić information content (AvgIpc) is 2.46. The number of quaternary nitrogens is 1. The van der Waals surface area contributed by atoms with Gasteiger partial charge in [0.05, 0.1) is 27.7 Å². The minimum absolute atomic E-state index is 0.204. The van der Waals surface area contributed by atoms with Crippen LogP contribution in [0.5, 0.6) is 0 Å². The number of imide groups is 1. The first-order valence-corrected chi connectivity index (χ1v) is 7.99. The minimum Gasteiger partial charge on any atom is -0.331 e. The Morgan fingerprint density at radius 1 is 1.09 bits per heavy atom. The summed E-state index contributed by atoms with van der Waals surface area (Å²) in [6.45, 7) is 7.71. The van der Waals surface area contributed by atoms with Crippen LogP contribution in [0.3, 0.4) is 0 Å². The zero-order valence-corrected chi connectivity index (χ0v) is 15.1. The largest absolute Gasteiger partial charge is 0.331 e. The van der Waals surface area contributed by atoms with Crippen LogP contribution >= 0.6 is 0 Å². The Hall–Kier alpha value is -0.980. The Morgan fingerprint density at radius 2 is 1.64 bits per heavy atom. The number of nitrogens with zero attached hydrogens (tertiary/aromatic N) is 3. The fourth-order valence-electron chi connectivity index (χ4n) is 2.96. The van der Waals surface area contributed by atoms with E-state index >= 15 is 0 Å². The average molecular weight is 314 g/mol. The number of hydrogen-bond donors (Lipinski definition) is 1. The zero-order chi connectivity index (χ0) is 17.3. The third-order valence-electron chi connectivity index (χ3n) is 4.29. The molecular formula is C16H32N3O3+. The number of carbonyl (C=O) groups is 2. The van der Waals surface area contributed by atoms with Gasteiger partial charge in [-0.05, 0) is 47.0 Å². The van der Waals surface area contributed by atoms with Gasteiger partial charge in [0.15, 0.2) is 0 Å². The van der Waals surface area contributed by atoms with Crippen molar-refractivity contribution in [2.75, 3.05) is 27.7 Å². The molecular weight excluding hydrogens is 282 g/mol. The van der Waals surface area contributed by atoms with Gasteiger partial charge in [-0.2, -0.15) is 5.06 Å². The molecule has 1 rings (SSSR count). The molecule has 1 aliphatic heterocycles. The summed E-state index contributed by atoms with van der Waals surface area (Å²) in [5.41, 5.74) is -2.07. The van der Waals surface area contributed by atoms with E-state index in [-0.39, 0.29) is 11.8 Å². The molecule has 0 bridgehead atoms. The first-order chi connectivity index (χ1) is 9.82. The van der Waals surface area contributed by atoms with E-state index in [0.717, 1.165) is 35.4 Å². The summed E-state index contributed by atoms with van der Waals surface area (Å²) in [6, 6.07) is 0. The molecule has 0 atom stereocenters. The van der Waals surface area contributed by atoms with Crippen molar-refractivity contribution in [3.8, 4) is 0 Å². The van der Waals surface area contributed by atoms with Gasteiger partial charge in [0.2, 0.25) is 5.91 Å². The molecule has 0 aromatic carbocycles. The van der Waals surface area contributed by atoms with Gasteiger partial charge in [-0.3, -0.25) is 14.5 Å². The molecule has 0 aromatic rings. The van der Waals surface area contributed by atoms with Gasteiger partial charge in [-0.15, -0.1) is 0 Å². The van der Waals surface area contributed by atoms with Gasteiger partial charge in [0, 0.05) is 6.42 Å². The minimum atomic E-state index is -1.07. The molecule has 0 saturated carbocycles. The van der Waals surface area contributed by atoms with Gasteiger partial charge in [0.25, 0.3) is 5.91 Å². The molecule has 1 aliphatic rings. The maximum Gasteiger partial charge on any atom is 0.253 e. The lowest BCUT2D eigenvalue weighted by atomic mass is 10.1. The first-order valence-electron chi connectivity index (χ1n) is 7.99. The highest BCUT2D eigenvalue weighted by atomic mass is 16.5. The molecule has 0 radical (unpaired) electrons. The lowest BCUT2D eigenvalue weighted by Gasteiger charge is -2.34. The van der Waals surface area contributed by atoms with E-state index in [1.165, 1.54) is 4.90 Å². The summed E-state index contributed by atoms with van der Waals surface area (Å²) in [7, 11) is 6.44. The zero-order valence-electron chi connectivity index (χ0n) is 15.1. The second-order valence-electron chi connectivity index (χ2n) is 8.22. The van der Waals surface area contributed by atoms with Crippen molar-refractivity contribution in [1.82, 2.24) is 9.96 Å². The fourth-order valence-corrected chi connectivity index (χ4v) is 2.96. The number of carbonyl (C=O) groups excluding carboxylic acids is 2. The number of hydroxylamine groups is 2. The highest BCUT2D eigenvalue weighted by molar-refractivity contribution is 6.02. The number of rotatable bonds is 6. The second-order valence-corrected chi connectivity index (χ2v) is 8.22. The Bertz CT molecular complexity index is 438. The summed E-state index contributed by atoms with van der Waals surface area (Å²) in [6.07, 6.45) is 3.14. The summed E-state index contributed by atoms with van der Waals surface area (Å²) in [5, 5.41) is 11.2. The van der Waals surface area contributed by atoms with Crippen LogP contribution in [0.1, 0.15) is 53.4 Å². The van der Waals surface area contributed by atoms with Crippen molar-refractivity contribution in [3.63, 3.8) is 0 Å². The van der Waals surface area contributed by atoms with Crippen LogP contribution in [-0.4, -0.2) is 70.4 Å². The Kier molecular flexibility index (Phi) is 5.42. The third kappa shape index (κ3) is 3.86. The van der Waals surface area contributed by atoms with Crippen LogP contribution in [-0.2, 0) is 9.59 Å². The second kappa shape index (κ2) is 6.26. The van der Waals surface area contributed by atoms with E-state index in [0.29, 0.717) is 6.42 Å². The molecule has 22 heavy (non-hydrogen) atoms. The van der Waals surface area contributed by atoms with E-state index in [1.54, 1.807) is 27.7 Å². The van der Waals surface area contributed by atoms with Gasteiger partial charge >= 0.3 is 0 Å². The molecule has 1 saturated heterocycles. The molecule has 2 amide bonds. The predicted octanol–water partition coefficient (Wildman–Crippen LogP) is 1.83. The molecule has 6 heteroatoms. The van der Waals surface area contributed by atoms with Crippen molar-refractivity contribution in [2.45, 2.75) is 64.6 Å². The van der Waals surface area contributed by atoms with E-state index < -0.39 is 11.2 Å². The standard InChI is InChI=1S/C16H32N3O3/c1-15(2)14(21)17(16(3,4)18(15)22)13(20)11-9-8-10-12-19(5,6)7/h22H,8-12H2,1-7H3/q+1. The number of amides is 2. The van der Waals surface area contributed by atoms with Crippen molar-refractivity contribution in [1.29, 1.82) is 0 Å². The molecule has 0 spiro atoms. The fraction of sp³-hybridized carbons (Fsp3) is 0.875. The SMILES string of the molecule is CC1(C)C(=O)N(C(=O)CCCCC[N+](C)(C)C)C(C)(C)N1O. The molecule has 0 aliphatic carbocycles. The van der Waals surface area contributed by atoms with Crippen molar-refractivity contribution in [3.05, 3.63) is 0 Å². The normalized spacial score (nSPS) is 21.5. The molecule has 6 nitrogen and oxygen atoms in total. The van der Waals surface area contributed by atoms with Crippen LogP contribution in [0.25, 0.3) is 0 Å². The first kappa shape index (κ1) is 19.1. The quantitative estimate of drug-likeness (QED) is 0.600. The topological polar surface area (TPSA) is 60.9 Å². The molecule has 0 unspecified atom stereocenters. The maximum absolute atomic E-state index is 12.4. The van der Waals surface area contributed by atoms with Crippen molar-refractivity contribution < 1.29 is 19.3 Å². The maximum atomic E-state index is 12.4. The van der Waals surface area contributed by atoms with Gasteiger partial charge < -0.3 is 9.69 Å². The van der Waals surface area contributed by atoms with E-state index in [2.05, 4.69) is 21.1 Å². The van der Waals surface area contributed by atoms with Crippen LogP contribution in [0.15, 0.2) is 0 Å². The summed E-state index contributed by atoms with van der Waals surface area (Å²) in [4.78, 5) is 26.1. The lowest BCUT2D eigenvalue weighted by molar-refractivity contribution is -0.870. The van der Waals surface area contributed by atoms with Crippen LogP contribution < -0.4 is 0 Å². The van der Waals surface area contributed by atoms with Crippen LogP contribution in [0.4, 0.5) is 0 Å². The third-order valence-corrected chi connectivity index (χ3v) is 4.29. The van der Waals surface area contributed by atoms with Crippen molar-refractivity contribution in [2.24, 2.45) is 0 Å². The number of hydrogen-bond acceptors (Lipinski definition) is 4. The lowest BCUT2D eigenvalue weighted by Crippen LogP contribution is -2.51. The van der Waals surface area contributed by atoms with Gasteiger partial charge in [0.1, 0.15) is 11.2 Å². The van der Waals surface area contributed by atoms with Crippen LogP contribution in [0.2, 0.25) is 0 Å². The summed E-state index contributed by atoms with van der Waals surface area (Å²) >= 11 is 0. The Morgan fingerprint density at radius 3 is 2.05 bits per heavy atom. The Labute approximate surface area is 134 Å². The van der Waals surface area contributed by atoms with Gasteiger partial charge in [-0.25, -0.2) is 0 Å².